The van der Waals surface area contributed by atoms with Crippen molar-refractivity contribution >= 4 is 5.52 Å². The van der Waals surface area contributed by atoms with E-state index in [0.717, 1.165) is 31.2 Å². The molecule has 3 heterocycles. The molecule has 1 aliphatic rings. The molecule has 3 aromatic rings. The highest BCUT2D eigenvalue weighted by atomic mass is 16.5. The third kappa shape index (κ3) is 3.21. The minimum Gasteiger partial charge on any atom is -0.496 e. The van der Waals surface area contributed by atoms with Gasteiger partial charge in [0.05, 0.1) is 18.3 Å². The molecule has 1 atom stereocenters. The van der Waals surface area contributed by atoms with Crippen molar-refractivity contribution in [1.29, 1.82) is 0 Å². The highest BCUT2D eigenvalue weighted by Crippen LogP contribution is 2.31. The number of nitrogens with zero attached hydrogens (tertiary/aromatic N) is 3. The van der Waals surface area contributed by atoms with Crippen LogP contribution < -0.4 is 4.74 Å². The van der Waals surface area contributed by atoms with Gasteiger partial charge in [-0.2, -0.15) is 0 Å². The lowest BCUT2D eigenvalue weighted by Gasteiger charge is -2.32. The fourth-order valence-electron chi connectivity index (χ4n) is 4.21. The van der Waals surface area contributed by atoms with Crippen molar-refractivity contribution in [3.63, 3.8) is 0 Å². The summed E-state index contributed by atoms with van der Waals surface area (Å²) in [7, 11) is 1.76. The van der Waals surface area contributed by atoms with Gasteiger partial charge in [-0.25, -0.2) is 4.98 Å². The first-order chi connectivity index (χ1) is 12.7. The number of ether oxygens (including phenoxy) is 1. The Labute approximate surface area is 155 Å². The predicted molar refractivity (Wildman–Crippen MR) is 105 cm³/mol. The molecular formula is C22H27N3O. The maximum Gasteiger partial charge on any atom is 0.123 e. The molecule has 26 heavy (non-hydrogen) atoms. The number of aromatic nitrogens is 2. The van der Waals surface area contributed by atoms with Crippen molar-refractivity contribution in [3.8, 4) is 5.75 Å². The van der Waals surface area contributed by atoms with E-state index in [4.69, 9.17) is 9.72 Å². The SMILES string of the molecule is COc1ccc(C)cc1CN1CCCC(c2nc(C)n3ccccc23)C1. The standard InChI is InChI=1S/C22H27N3O/c1-16-9-10-21(26-3)19(13-16)15-24-11-6-7-18(14-24)22-20-8-4-5-12-25(20)17(2)23-22/h4-5,8-10,12-13,18H,6-7,11,14-15H2,1-3H3. The first kappa shape index (κ1) is 17.1. The quantitative estimate of drug-likeness (QED) is 0.702. The normalized spacial score (nSPS) is 18.3. The Balaban J connectivity index is 1.57. The Morgan fingerprint density at radius 1 is 1.19 bits per heavy atom. The minimum atomic E-state index is 0.491. The van der Waals surface area contributed by atoms with Crippen LogP contribution in [0, 0.1) is 13.8 Å². The number of hydrogen-bond donors (Lipinski definition) is 0. The highest BCUT2D eigenvalue weighted by molar-refractivity contribution is 5.54. The average molecular weight is 349 g/mol. The van der Waals surface area contributed by atoms with E-state index in [1.165, 1.54) is 35.2 Å². The van der Waals surface area contributed by atoms with Gasteiger partial charge in [-0.15, -0.1) is 0 Å². The second kappa shape index (κ2) is 7.12. The van der Waals surface area contributed by atoms with E-state index in [1.54, 1.807) is 7.11 Å². The Morgan fingerprint density at radius 3 is 2.92 bits per heavy atom. The van der Waals surface area contributed by atoms with Crippen LogP contribution in [-0.4, -0.2) is 34.5 Å². The van der Waals surface area contributed by atoms with E-state index in [9.17, 15) is 0 Å². The number of fused-ring (bicyclic) bond motifs is 1. The largest absolute Gasteiger partial charge is 0.496 e. The molecule has 4 nitrogen and oxygen atoms in total. The lowest BCUT2D eigenvalue weighted by Crippen LogP contribution is -2.34. The van der Waals surface area contributed by atoms with E-state index < -0.39 is 0 Å². The number of rotatable bonds is 4. The maximum absolute atomic E-state index is 5.57. The van der Waals surface area contributed by atoms with Crippen molar-refractivity contribution in [1.82, 2.24) is 14.3 Å². The van der Waals surface area contributed by atoms with Gasteiger partial charge >= 0.3 is 0 Å². The zero-order valence-corrected chi connectivity index (χ0v) is 15.9. The molecule has 1 aromatic carbocycles. The van der Waals surface area contributed by atoms with Crippen molar-refractivity contribution in [2.45, 2.75) is 39.2 Å². The fraction of sp³-hybridized carbons (Fsp3) is 0.409. The van der Waals surface area contributed by atoms with E-state index >= 15 is 0 Å². The van der Waals surface area contributed by atoms with Gasteiger partial charge in [-0.3, -0.25) is 4.90 Å². The molecule has 0 radical (unpaired) electrons. The van der Waals surface area contributed by atoms with Crippen molar-refractivity contribution < 1.29 is 4.74 Å². The van der Waals surface area contributed by atoms with Crippen LogP contribution in [0.3, 0.4) is 0 Å². The molecule has 0 spiro atoms. The van der Waals surface area contributed by atoms with Crippen LogP contribution in [0.4, 0.5) is 0 Å². The summed E-state index contributed by atoms with van der Waals surface area (Å²) in [5, 5.41) is 0. The number of methoxy groups -OCH3 is 1. The van der Waals surface area contributed by atoms with Crippen LogP contribution in [0.15, 0.2) is 42.6 Å². The lowest BCUT2D eigenvalue weighted by molar-refractivity contribution is 0.197. The molecule has 0 N–H and O–H groups in total. The van der Waals surface area contributed by atoms with Gasteiger partial charge in [-0.05, 0) is 51.4 Å². The van der Waals surface area contributed by atoms with Gasteiger partial charge in [0.1, 0.15) is 11.6 Å². The second-order valence-electron chi connectivity index (χ2n) is 7.39. The number of aryl methyl sites for hydroxylation is 2. The van der Waals surface area contributed by atoms with Crippen molar-refractivity contribution in [2.75, 3.05) is 20.2 Å². The van der Waals surface area contributed by atoms with E-state index in [-0.39, 0.29) is 0 Å². The van der Waals surface area contributed by atoms with Crippen LogP contribution in [0.2, 0.25) is 0 Å². The van der Waals surface area contributed by atoms with Crippen molar-refractivity contribution in [3.05, 3.63) is 65.2 Å². The van der Waals surface area contributed by atoms with Gasteiger partial charge in [0.15, 0.2) is 0 Å². The van der Waals surface area contributed by atoms with Gasteiger partial charge in [-0.1, -0.05) is 23.8 Å². The third-order valence-electron chi connectivity index (χ3n) is 5.48. The van der Waals surface area contributed by atoms with Crippen LogP contribution in [-0.2, 0) is 6.54 Å². The minimum absolute atomic E-state index is 0.491. The number of imidazole rings is 1. The Kier molecular flexibility index (Phi) is 4.68. The predicted octanol–water partition coefficient (Wildman–Crippen LogP) is 4.34. The molecule has 0 bridgehead atoms. The summed E-state index contributed by atoms with van der Waals surface area (Å²) in [4.78, 5) is 7.46. The van der Waals surface area contributed by atoms with E-state index in [0.29, 0.717) is 5.92 Å². The molecule has 4 heteroatoms. The van der Waals surface area contributed by atoms with Crippen LogP contribution in [0.5, 0.6) is 5.75 Å². The smallest absolute Gasteiger partial charge is 0.123 e. The molecule has 2 aromatic heterocycles. The molecule has 1 aliphatic heterocycles. The summed E-state index contributed by atoms with van der Waals surface area (Å²) in [5.74, 6) is 2.56. The lowest BCUT2D eigenvalue weighted by atomic mass is 9.93. The van der Waals surface area contributed by atoms with E-state index in [2.05, 4.69) is 65.7 Å². The van der Waals surface area contributed by atoms with Gasteiger partial charge < -0.3 is 9.14 Å². The highest BCUT2D eigenvalue weighted by Gasteiger charge is 2.25. The van der Waals surface area contributed by atoms with E-state index in [1.807, 2.05) is 0 Å². The Morgan fingerprint density at radius 2 is 2.08 bits per heavy atom. The summed E-state index contributed by atoms with van der Waals surface area (Å²) in [6.45, 7) is 7.36. The number of hydrogen-bond acceptors (Lipinski definition) is 3. The second-order valence-corrected chi connectivity index (χ2v) is 7.39. The monoisotopic (exact) mass is 349 g/mol. The molecule has 0 saturated carbocycles. The molecule has 0 amide bonds. The third-order valence-corrected chi connectivity index (χ3v) is 5.48. The first-order valence-electron chi connectivity index (χ1n) is 9.45. The first-order valence-corrected chi connectivity index (χ1v) is 9.45. The number of pyridine rings is 1. The molecule has 0 aliphatic carbocycles. The Bertz CT molecular complexity index is 915. The summed E-state index contributed by atoms with van der Waals surface area (Å²) in [6.07, 6.45) is 4.53. The van der Waals surface area contributed by atoms with Crippen molar-refractivity contribution in [2.24, 2.45) is 0 Å². The van der Waals surface area contributed by atoms with Gasteiger partial charge in [0.2, 0.25) is 0 Å². The van der Waals surface area contributed by atoms with Crippen LogP contribution >= 0.6 is 0 Å². The molecule has 136 valence electrons. The van der Waals surface area contributed by atoms with Gasteiger partial charge in [0.25, 0.3) is 0 Å². The topological polar surface area (TPSA) is 29.8 Å². The van der Waals surface area contributed by atoms with Gasteiger partial charge in [0, 0.05) is 30.8 Å². The zero-order valence-electron chi connectivity index (χ0n) is 15.9. The maximum atomic E-state index is 5.57. The zero-order chi connectivity index (χ0) is 18.1. The number of piperidine rings is 1. The van der Waals surface area contributed by atoms with Crippen LogP contribution in [0.1, 0.15) is 41.4 Å². The molecule has 1 saturated heterocycles. The number of benzene rings is 1. The fourth-order valence-corrected chi connectivity index (χ4v) is 4.21. The Hall–Kier alpha value is -2.33. The summed E-state index contributed by atoms with van der Waals surface area (Å²) in [6, 6.07) is 12.8. The summed E-state index contributed by atoms with van der Waals surface area (Å²) < 4.78 is 7.78. The average Bonchev–Trinajstić information content (AvgIpc) is 2.99. The summed E-state index contributed by atoms with van der Waals surface area (Å²) in [5.41, 5.74) is 5.07. The van der Waals surface area contributed by atoms with Crippen LogP contribution in [0.25, 0.3) is 5.52 Å². The molecule has 4 rings (SSSR count). The molecule has 1 unspecified atom stereocenters. The summed E-state index contributed by atoms with van der Waals surface area (Å²) >= 11 is 0. The molecule has 1 fully saturated rings. The number of likely N-dealkylation sites (tertiary alicyclic amines) is 1. The molecular weight excluding hydrogens is 322 g/mol.